The van der Waals surface area contributed by atoms with Crippen LogP contribution >= 0.6 is 0 Å². The lowest BCUT2D eigenvalue weighted by atomic mass is 9.90. The molecule has 2 saturated carbocycles. The predicted octanol–water partition coefficient (Wildman–Crippen LogP) is 1.89. The minimum absolute atomic E-state index is 0.205. The van der Waals surface area contributed by atoms with Gasteiger partial charge in [-0.15, -0.1) is 0 Å². The lowest BCUT2D eigenvalue weighted by molar-refractivity contribution is -0.147. The molecule has 0 bridgehead atoms. The molecule has 4 nitrogen and oxygen atoms in total. The number of hydrogen-bond donors (Lipinski definition) is 1. The van der Waals surface area contributed by atoms with Gasteiger partial charge < -0.3 is 10.0 Å². The van der Waals surface area contributed by atoms with E-state index in [1.165, 1.54) is 25.7 Å². The number of rotatable bonds is 2. The van der Waals surface area contributed by atoms with Crippen molar-refractivity contribution in [3.05, 3.63) is 0 Å². The van der Waals surface area contributed by atoms with Gasteiger partial charge >= 0.3 is 5.97 Å². The van der Waals surface area contributed by atoms with Crippen LogP contribution in [0.3, 0.4) is 0 Å². The molecule has 1 amide bonds. The summed E-state index contributed by atoms with van der Waals surface area (Å²) in [5.74, 6) is -0.345. The van der Waals surface area contributed by atoms with Gasteiger partial charge in [0.25, 0.3) is 0 Å². The summed E-state index contributed by atoms with van der Waals surface area (Å²) in [5, 5.41) is 9.19. The van der Waals surface area contributed by atoms with Gasteiger partial charge in [0.2, 0.25) is 5.91 Å². The van der Waals surface area contributed by atoms with Gasteiger partial charge in [-0.05, 0) is 38.0 Å². The Balaban J connectivity index is 1.64. The van der Waals surface area contributed by atoms with Gasteiger partial charge in [-0.1, -0.05) is 12.8 Å². The number of carbonyl (C=O) groups excluding carboxylic acids is 1. The normalized spacial score (nSPS) is 37.2. The molecule has 0 radical (unpaired) electrons. The zero-order chi connectivity index (χ0) is 13.0. The van der Waals surface area contributed by atoms with E-state index in [1.54, 1.807) is 11.8 Å². The quantitative estimate of drug-likeness (QED) is 0.815. The summed E-state index contributed by atoms with van der Waals surface area (Å²) in [6.45, 7) is 2.77. The molecule has 1 heterocycles. The molecule has 1 N–H and O–H groups in total. The van der Waals surface area contributed by atoms with E-state index in [0.29, 0.717) is 24.9 Å². The number of carboxylic acids is 1. The van der Waals surface area contributed by atoms with E-state index >= 15 is 0 Å². The molecule has 3 rings (SSSR count). The Kier molecular flexibility index (Phi) is 2.48. The monoisotopic (exact) mass is 251 g/mol. The zero-order valence-corrected chi connectivity index (χ0v) is 10.9. The molecule has 3 fully saturated rings. The second kappa shape index (κ2) is 3.72. The van der Waals surface area contributed by atoms with E-state index in [-0.39, 0.29) is 11.8 Å². The van der Waals surface area contributed by atoms with E-state index in [9.17, 15) is 14.7 Å². The molecule has 2 aliphatic carbocycles. The number of nitrogens with zero attached hydrogens (tertiary/aromatic N) is 1. The van der Waals surface area contributed by atoms with E-state index < -0.39 is 11.4 Å². The topological polar surface area (TPSA) is 57.6 Å². The van der Waals surface area contributed by atoms with Gasteiger partial charge in [-0.3, -0.25) is 9.59 Å². The molecule has 0 aromatic rings. The molecule has 3 aliphatic rings. The van der Waals surface area contributed by atoms with Crippen LogP contribution in [-0.2, 0) is 9.59 Å². The molecule has 1 spiro atoms. The summed E-state index contributed by atoms with van der Waals surface area (Å²) in [4.78, 5) is 25.4. The van der Waals surface area contributed by atoms with Crippen LogP contribution < -0.4 is 0 Å². The van der Waals surface area contributed by atoms with Crippen LogP contribution in [0.1, 0.15) is 45.4 Å². The Morgan fingerprint density at radius 2 is 1.89 bits per heavy atom. The molecule has 1 saturated heterocycles. The van der Waals surface area contributed by atoms with Gasteiger partial charge in [0, 0.05) is 19.0 Å². The number of aliphatic carboxylic acids is 1. The minimum atomic E-state index is -0.774. The van der Waals surface area contributed by atoms with E-state index in [0.717, 1.165) is 6.42 Å². The number of likely N-dealkylation sites (tertiary alicyclic amines) is 1. The van der Waals surface area contributed by atoms with Crippen molar-refractivity contribution in [1.82, 2.24) is 4.90 Å². The van der Waals surface area contributed by atoms with Gasteiger partial charge in [0.1, 0.15) is 0 Å². The average Bonchev–Trinajstić information content (AvgIpc) is 2.68. The standard InChI is InChI=1S/C14H21NO3/c1-13(12(17)18)6-7-15(9-13)11(16)10-8-14(10)4-2-3-5-14/h10H,2-9H2,1H3,(H,17,18). The molecule has 100 valence electrons. The first-order chi connectivity index (χ1) is 8.47. The first-order valence-corrected chi connectivity index (χ1v) is 6.99. The minimum Gasteiger partial charge on any atom is -0.481 e. The summed E-state index contributed by atoms with van der Waals surface area (Å²) < 4.78 is 0. The van der Waals surface area contributed by atoms with Crippen molar-refractivity contribution in [2.24, 2.45) is 16.7 Å². The zero-order valence-electron chi connectivity index (χ0n) is 10.9. The Bertz CT molecular complexity index is 400. The number of carboxylic acid groups (broad SMARTS) is 1. The first-order valence-electron chi connectivity index (χ1n) is 6.99. The fourth-order valence-electron chi connectivity index (χ4n) is 3.87. The Hall–Kier alpha value is -1.06. The highest BCUT2D eigenvalue weighted by atomic mass is 16.4. The van der Waals surface area contributed by atoms with Crippen molar-refractivity contribution < 1.29 is 14.7 Å². The van der Waals surface area contributed by atoms with Crippen molar-refractivity contribution in [2.45, 2.75) is 45.4 Å². The maximum absolute atomic E-state index is 12.4. The van der Waals surface area contributed by atoms with Gasteiger partial charge in [-0.2, -0.15) is 0 Å². The van der Waals surface area contributed by atoms with E-state index in [1.807, 2.05) is 0 Å². The molecule has 0 aromatic heterocycles. The van der Waals surface area contributed by atoms with E-state index in [2.05, 4.69) is 0 Å². The highest BCUT2D eigenvalue weighted by Crippen LogP contribution is 2.63. The Morgan fingerprint density at radius 1 is 1.22 bits per heavy atom. The highest BCUT2D eigenvalue weighted by molar-refractivity contribution is 5.84. The SMILES string of the molecule is CC1(C(=O)O)CCN(C(=O)C2CC23CCCC3)C1. The molecule has 1 aliphatic heterocycles. The highest BCUT2D eigenvalue weighted by Gasteiger charge is 2.60. The van der Waals surface area contributed by atoms with Crippen LogP contribution in [-0.4, -0.2) is 35.0 Å². The summed E-state index contributed by atoms with van der Waals surface area (Å²) in [7, 11) is 0. The summed E-state index contributed by atoms with van der Waals surface area (Å²) in [5.41, 5.74) is -0.410. The average molecular weight is 251 g/mol. The maximum Gasteiger partial charge on any atom is 0.311 e. The fraction of sp³-hybridized carbons (Fsp3) is 0.857. The van der Waals surface area contributed by atoms with Crippen LogP contribution in [0.2, 0.25) is 0 Å². The van der Waals surface area contributed by atoms with Crippen LogP contribution in [0.15, 0.2) is 0 Å². The second-order valence-corrected chi connectivity index (χ2v) is 6.70. The number of hydrogen-bond acceptors (Lipinski definition) is 2. The fourth-order valence-corrected chi connectivity index (χ4v) is 3.87. The van der Waals surface area contributed by atoms with Crippen LogP contribution in [0.25, 0.3) is 0 Å². The molecule has 2 atom stereocenters. The molecule has 4 heteroatoms. The largest absolute Gasteiger partial charge is 0.481 e. The summed E-state index contributed by atoms with van der Waals surface area (Å²) >= 11 is 0. The first kappa shape index (κ1) is 12.0. The molecule has 18 heavy (non-hydrogen) atoms. The Labute approximate surface area is 107 Å². The smallest absolute Gasteiger partial charge is 0.311 e. The molecular weight excluding hydrogens is 230 g/mol. The van der Waals surface area contributed by atoms with Crippen LogP contribution in [0, 0.1) is 16.7 Å². The summed E-state index contributed by atoms with van der Waals surface area (Å²) in [6, 6.07) is 0. The molecule has 0 aromatic carbocycles. The third-order valence-electron chi connectivity index (χ3n) is 5.39. The summed E-state index contributed by atoms with van der Waals surface area (Å²) in [6.07, 6.45) is 6.56. The second-order valence-electron chi connectivity index (χ2n) is 6.70. The van der Waals surface area contributed by atoms with Gasteiger partial charge in [0.05, 0.1) is 5.41 Å². The van der Waals surface area contributed by atoms with Crippen molar-refractivity contribution in [3.8, 4) is 0 Å². The predicted molar refractivity (Wildman–Crippen MR) is 65.9 cm³/mol. The third kappa shape index (κ3) is 1.65. The van der Waals surface area contributed by atoms with Crippen molar-refractivity contribution in [1.29, 1.82) is 0 Å². The lowest BCUT2D eigenvalue weighted by Gasteiger charge is -2.21. The Morgan fingerprint density at radius 3 is 2.44 bits per heavy atom. The van der Waals surface area contributed by atoms with Crippen LogP contribution in [0.4, 0.5) is 0 Å². The lowest BCUT2D eigenvalue weighted by Crippen LogP contribution is -2.36. The van der Waals surface area contributed by atoms with Gasteiger partial charge in [0.15, 0.2) is 0 Å². The maximum atomic E-state index is 12.4. The van der Waals surface area contributed by atoms with Crippen molar-refractivity contribution in [3.63, 3.8) is 0 Å². The molecule has 2 unspecified atom stereocenters. The van der Waals surface area contributed by atoms with Crippen LogP contribution in [0.5, 0.6) is 0 Å². The third-order valence-corrected chi connectivity index (χ3v) is 5.39. The van der Waals surface area contributed by atoms with E-state index in [4.69, 9.17) is 0 Å². The molecular formula is C14H21NO3. The van der Waals surface area contributed by atoms with Crippen molar-refractivity contribution in [2.75, 3.05) is 13.1 Å². The van der Waals surface area contributed by atoms with Gasteiger partial charge in [-0.25, -0.2) is 0 Å². The number of carbonyl (C=O) groups is 2. The van der Waals surface area contributed by atoms with Crippen molar-refractivity contribution >= 4 is 11.9 Å². The number of amides is 1.